The van der Waals surface area contributed by atoms with Crippen LogP contribution in [-0.2, 0) is 0 Å². The topological polar surface area (TPSA) is 0 Å². The molecule has 0 N–H and O–H groups in total. The predicted molar refractivity (Wildman–Crippen MR) is 110 cm³/mol. The van der Waals surface area contributed by atoms with E-state index >= 15 is 0 Å². The second-order valence-corrected chi connectivity index (χ2v) is 7.09. The van der Waals surface area contributed by atoms with E-state index in [4.69, 9.17) is 0 Å². The molecule has 0 unspecified atom stereocenters. The zero-order chi connectivity index (χ0) is 20.4. The summed E-state index contributed by atoms with van der Waals surface area (Å²) in [7, 11) is 0. The first-order chi connectivity index (χ1) is 14.0. The highest BCUT2D eigenvalue weighted by Gasteiger charge is 2.32. The van der Waals surface area contributed by atoms with Gasteiger partial charge in [-0.2, -0.15) is 21.9 Å². The lowest BCUT2D eigenvalue weighted by molar-refractivity contribution is 0.629. The van der Waals surface area contributed by atoms with Crippen molar-refractivity contribution >= 4 is 28.0 Å². The van der Waals surface area contributed by atoms with Gasteiger partial charge in [-0.1, -0.05) is 72.8 Å². The molecule has 0 bridgehead atoms. The number of halogens is 4. The molecule has 0 atom stereocenters. The predicted octanol–water partition coefficient (Wildman–Crippen LogP) is 3.62. The van der Waals surface area contributed by atoms with Gasteiger partial charge in [-0.15, -0.1) is 0 Å². The second kappa shape index (κ2) is 7.59. The van der Waals surface area contributed by atoms with Gasteiger partial charge in [0.1, 0.15) is 29.4 Å². The Morgan fingerprint density at radius 1 is 0.379 bits per heavy atom. The summed E-state index contributed by atoms with van der Waals surface area (Å²) in [6.07, 6.45) is -2.25. The van der Waals surface area contributed by atoms with Crippen molar-refractivity contribution in [2.75, 3.05) is 0 Å². The highest BCUT2D eigenvalue weighted by molar-refractivity contribution is 7.19. The molecule has 0 fully saturated rings. The fourth-order valence-corrected chi connectivity index (χ4v) is 4.26. The molecule has 0 aromatic heterocycles. The van der Waals surface area contributed by atoms with E-state index in [1.165, 1.54) is 48.5 Å². The maximum Gasteiger partial charge on any atom is 0.120 e. The Bertz CT molecular complexity index is 985. The SMILES string of the molecule is Fc1cccc([B-](c2cccc(F)c2)(c2cccc(F)c2)c2cccc(F)c2)c1. The Kier molecular flexibility index (Phi) is 4.97. The normalized spacial score (nSPS) is 11.4. The Labute approximate surface area is 166 Å². The van der Waals surface area contributed by atoms with Crippen LogP contribution in [0.25, 0.3) is 0 Å². The molecule has 0 aliphatic rings. The lowest BCUT2D eigenvalue weighted by Gasteiger charge is -2.44. The van der Waals surface area contributed by atoms with Gasteiger partial charge < -0.3 is 0 Å². The van der Waals surface area contributed by atoms with E-state index in [-0.39, 0.29) is 0 Å². The summed E-state index contributed by atoms with van der Waals surface area (Å²) < 4.78 is 57.1. The van der Waals surface area contributed by atoms with Crippen molar-refractivity contribution in [1.82, 2.24) is 0 Å². The van der Waals surface area contributed by atoms with Crippen molar-refractivity contribution in [3.05, 3.63) is 120 Å². The van der Waals surface area contributed by atoms with E-state index < -0.39 is 29.4 Å². The summed E-state index contributed by atoms with van der Waals surface area (Å²) >= 11 is 0. The van der Waals surface area contributed by atoms with Gasteiger partial charge in [0, 0.05) is 0 Å². The van der Waals surface area contributed by atoms with Crippen molar-refractivity contribution in [2.45, 2.75) is 0 Å². The molecule has 0 aliphatic carbocycles. The lowest BCUT2D eigenvalue weighted by Crippen LogP contribution is -2.75. The summed E-state index contributed by atoms with van der Waals surface area (Å²) in [6.45, 7) is 0. The first-order valence-corrected chi connectivity index (χ1v) is 9.20. The van der Waals surface area contributed by atoms with E-state index in [2.05, 4.69) is 0 Å². The van der Waals surface area contributed by atoms with Crippen LogP contribution in [0.3, 0.4) is 0 Å². The molecule has 4 rings (SSSR count). The smallest absolute Gasteiger partial charge is 0.120 e. The molecule has 0 radical (unpaired) electrons. The number of rotatable bonds is 4. The van der Waals surface area contributed by atoms with Crippen LogP contribution in [0.15, 0.2) is 97.1 Å². The molecule has 144 valence electrons. The van der Waals surface area contributed by atoms with Gasteiger partial charge in [-0.05, 0) is 24.3 Å². The van der Waals surface area contributed by atoms with Gasteiger partial charge in [0.2, 0.25) is 0 Å². The summed E-state index contributed by atoms with van der Waals surface area (Å²) in [5.41, 5.74) is 1.97. The van der Waals surface area contributed by atoms with Gasteiger partial charge in [0.05, 0.1) is 0 Å². The summed E-state index contributed by atoms with van der Waals surface area (Å²) in [5.74, 6) is -1.95. The molecule has 0 aliphatic heterocycles. The van der Waals surface area contributed by atoms with Gasteiger partial charge in [-0.25, -0.2) is 17.6 Å². The fourth-order valence-electron chi connectivity index (χ4n) is 4.26. The van der Waals surface area contributed by atoms with Crippen LogP contribution in [0.5, 0.6) is 0 Å². The average Bonchev–Trinajstić information content (AvgIpc) is 2.69. The molecular formula is C24H16BF4-. The molecule has 29 heavy (non-hydrogen) atoms. The lowest BCUT2D eigenvalue weighted by atomic mass is 9.13. The van der Waals surface area contributed by atoms with Crippen LogP contribution in [0.1, 0.15) is 0 Å². The number of hydrogen-bond acceptors (Lipinski definition) is 0. The van der Waals surface area contributed by atoms with Crippen molar-refractivity contribution < 1.29 is 17.6 Å². The van der Waals surface area contributed by atoms with Crippen LogP contribution in [0.2, 0.25) is 0 Å². The standard InChI is InChI=1S/C24H16BF4/c26-21-9-1-5-17(13-21)25(18-6-2-10-22(27)14-18,19-7-3-11-23(28)15-19)20-8-4-12-24(29)16-20/h1-16H/q-1. The Hall–Kier alpha value is -3.34. The van der Waals surface area contributed by atoms with Crippen molar-refractivity contribution in [1.29, 1.82) is 0 Å². The average molecular weight is 391 g/mol. The van der Waals surface area contributed by atoms with Crippen LogP contribution in [-0.4, -0.2) is 6.15 Å². The molecule has 0 spiro atoms. The zero-order valence-corrected chi connectivity index (χ0v) is 15.3. The van der Waals surface area contributed by atoms with E-state index in [1.54, 1.807) is 48.5 Å². The Morgan fingerprint density at radius 2 is 0.621 bits per heavy atom. The van der Waals surface area contributed by atoms with Crippen LogP contribution < -0.4 is 21.9 Å². The molecule has 0 nitrogen and oxygen atoms in total. The molecule has 0 amide bonds. The summed E-state index contributed by atoms with van der Waals surface area (Å²) in [6, 6.07) is 23.5. The quantitative estimate of drug-likeness (QED) is 0.368. The van der Waals surface area contributed by atoms with Gasteiger partial charge in [-0.3, -0.25) is 0 Å². The minimum absolute atomic E-state index is 0.488. The third-order valence-corrected chi connectivity index (χ3v) is 5.39. The van der Waals surface area contributed by atoms with E-state index in [0.29, 0.717) is 21.9 Å². The minimum atomic E-state index is -2.25. The maximum atomic E-state index is 14.3. The van der Waals surface area contributed by atoms with Gasteiger partial charge >= 0.3 is 0 Å². The largest absolute Gasteiger partial charge is 0.207 e. The third-order valence-electron chi connectivity index (χ3n) is 5.39. The minimum Gasteiger partial charge on any atom is -0.207 e. The van der Waals surface area contributed by atoms with Crippen LogP contribution >= 0.6 is 0 Å². The van der Waals surface area contributed by atoms with E-state index in [9.17, 15) is 17.6 Å². The monoisotopic (exact) mass is 391 g/mol. The summed E-state index contributed by atoms with van der Waals surface area (Å²) in [4.78, 5) is 0. The van der Waals surface area contributed by atoms with E-state index in [0.717, 1.165) is 0 Å². The van der Waals surface area contributed by atoms with Crippen molar-refractivity contribution in [3.63, 3.8) is 0 Å². The Balaban J connectivity index is 2.19. The van der Waals surface area contributed by atoms with Crippen molar-refractivity contribution in [2.24, 2.45) is 0 Å². The molecular weight excluding hydrogens is 375 g/mol. The highest BCUT2D eigenvalue weighted by atomic mass is 19.1. The zero-order valence-electron chi connectivity index (χ0n) is 15.3. The molecule has 4 aromatic carbocycles. The number of hydrogen-bond donors (Lipinski definition) is 0. The Morgan fingerprint density at radius 3 is 0.828 bits per heavy atom. The highest BCUT2D eigenvalue weighted by Crippen LogP contribution is 2.12. The fraction of sp³-hybridized carbons (Fsp3) is 0. The van der Waals surface area contributed by atoms with Gasteiger partial charge in [0.15, 0.2) is 0 Å². The molecule has 0 saturated heterocycles. The van der Waals surface area contributed by atoms with Crippen LogP contribution in [0.4, 0.5) is 17.6 Å². The second-order valence-electron chi connectivity index (χ2n) is 7.09. The number of benzene rings is 4. The molecule has 5 heteroatoms. The third kappa shape index (κ3) is 3.44. The molecule has 0 heterocycles. The van der Waals surface area contributed by atoms with Crippen LogP contribution in [0, 0.1) is 23.3 Å². The maximum absolute atomic E-state index is 14.3. The molecule has 4 aromatic rings. The summed E-state index contributed by atoms with van der Waals surface area (Å²) in [5, 5.41) is 0. The molecule has 0 saturated carbocycles. The van der Waals surface area contributed by atoms with Crippen molar-refractivity contribution in [3.8, 4) is 0 Å². The first-order valence-electron chi connectivity index (χ1n) is 9.20. The van der Waals surface area contributed by atoms with E-state index in [1.807, 2.05) is 0 Å². The van der Waals surface area contributed by atoms with Gasteiger partial charge in [0.25, 0.3) is 0 Å². The first kappa shape index (κ1) is 19.0.